The van der Waals surface area contributed by atoms with E-state index in [-0.39, 0.29) is 5.91 Å². The van der Waals surface area contributed by atoms with E-state index in [1.165, 1.54) is 11.1 Å². The highest BCUT2D eigenvalue weighted by Crippen LogP contribution is 2.27. The van der Waals surface area contributed by atoms with E-state index in [1.54, 1.807) is 0 Å². The van der Waals surface area contributed by atoms with E-state index in [0.29, 0.717) is 6.54 Å². The number of benzene rings is 2. The second-order valence-corrected chi connectivity index (χ2v) is 8.06. The highest BCUT2D eigenvalue weighted by molar-refractivity contribution is 5.97. The molecule has 2 aromatic carbocycles. The summed E-state index contributed by atoms with van der Waals surface area (Å²) in [4.78, 5) is 20.1. The molecule has 0 fully saturated rings. The molecular weight excluding hydrogens is 398 g/mol. The van der Waals surface area contributed by atoms with Gasteiger partial charge in [-0.05, 0) is 47.5 Å². The summed E-state index contributed by atoms with van der Waals surface area (Å²) in [7, 11) is 0. The average Bonchev–Trinajstić information content (AvgIpc) is 3.27. The van der Waals surface area contributed by atoms with Crippen LogP contribution in [0.1, 0.15) is 27.2 Å². The number of aromatic amines is 1. The minimum absolute atomic E-state index is 0.0119. The first kappa shape index (κ1) is 20.0. The number of aromatic nitrogens is 2. The Morgan fingerprint density at radius 2 is 1.78 bits per heavy atom. The van der Waals surface area contributed by atoms with E-state index in [1.807, 2.05) is 42.6 Å². The molecule has 5 rings (SSSR count). The van der Waals surface area contributed by atoms with Gasteiger partial charge in [0.2, 0.25) is 0 Å². The Morgan fingerprint density at radius 3 is 2.62 bits per heavy atom. The van der Waals surface area contributed by atoms with Crippen molar-refractivity contribution in [3.63, 3.8) is 0 Å². The molecule has 6 nitrogen and oxygen atoms in total. The number of nitrogens with one attached hydrogen (secondary N) is 3. The monoisotopic (exact) mass is 423 g/mol. The van der Waals surface area contributed by atoms with Gasteiger partial charge in [-0.3, -0.25) is 9.78 Å². The molecule has 2 aromatic heterocycles. The van der Waals surface area contributed by atoms with Gasteiger partial charge in [-0.1, -0.05) is 30.3 Å². The highest BCUT2D eigenvalue weighted by Gasteiger charge is 2.20. The maximum Gasteiger partial charge on any atom is 0.253 e. The number of nitrogens with two attached hydrogens (primary N) is 1. The second kappa shape index (κ2) is 8.69. The van der Waals surface area contributed by atoms with Crippen LogP contribution in [0.25, 0.3) is 22.5 Å². The Bertz CT molecular complexity index is 1260. The predicted molar refractivity (Wildman–Crippen MR) is 127 cm³/mol. The molecule has 1 amide bonds. The SMILES string of the molecule is Nc1ccc(CNCc2cccc(-c3cc(-c4cc5c([nH]4)CCNC5=O)ccn3)c2)cc1. The summed E-state index contributed by atoms with van der Waals surface area (Å²) in [6.07, 6.45) is 2.64. The third-order valence-corrected chi connectivity index (χ3v) is 5.74. The third kappa shape index (κ3) is 4.26. The van der Waals surface area contributed by atoms with Gasteiger partial charge in [-0.25, -0.2) is 0 Å². The van der Waals surface area contributed by atoms with Crippen molar-refractivity contribution in [3.8, 4) is 22.5 Å². The van der Waals surface area contributed by atoms with Crippen molar-refractivity contribution in [2.75, 3.05) is 12.3 Å². The number of amides is 1. The van der Waals surface area contributed by atoms with Gasteiger partial charge < -0.3 is 21.4 Å². The number of nitrogens with zero attached hydrogens (tertiary/aromatic N) is 1. The quantitative estimate of drug-likeness (QED) is 0.354. The van der Waals surface area contributed by atoms with Crippen LogP contribution in [0.4, 0.5) is 5.69 Å². The molecule has 160 valence electrons. The van der Waals surface area contributed by atoms with E-state index < -0.39 is 0 Å². The summed E-state index contributed by atoms with van der Waals surface area (Å²) < 4.78 is 0. The summed E-state index contributed by atoms with van der Waals surface area (Å²) in [5.74, 6) is -0.0119. The Hall–Kier alpha value is -3.90. The summed E-state index contributed by atoms with van der Waals surface area (Å²) >= 11 is 0. The van der Waals surface area contributed by atoms with E-state index >= 15 is 0 Å². The topological polar surface area (TPSA) is 95.8 Å². The van der Waals surface area contributed by atoms with Crippen LogP contribution < -0.4 is 16.4 Å². The Morgan fingerprint density at radius 1 is 0.938 bits per heavy atom. The molecule has 5 N–H and O–H groups in total. The van der Waals surface area contributed by atoms with E-state index in [0.717, 1.165) is 59.0 Å². The number of hydrogen-bond acceptors (Lipinski definition) is 4. The zero-order chi connectivity index (χ0) is 21.9. The molecule has 0 spiro atoms. The van der Waals surface area contributed by atoms with Crippen LogP contribution in [-0.4, -0.2) is 22.4 Å². The lowest BCUT2D eigenvalue weighted by Gasteiger charge is -2.11. The number of carbonyl (C=O) groups excluding carboxylic acids is 1. The van der Waals surface area contributed by atoms with Crippen molar-refractivity contribution in [2.45, 2.75) is 19.5 Å². The molecule has 1 aliphatic rings. The van der Waals surface area contributed by atoms with Gasteiger partial charge in [-0.2, -0.15) is 0 Å². The van der Waals surface area contributed by atoms with Gasteiger partial charge in [-0.15, -0.1) is 0 Å². The van der Waals surface area contributed by atoms with Crippen molar-refractivity contribution < 1.29 is 4.79 Å². The van der Waals surface area contributed by atoms with Crippen LogP contribution in [-0.2, 0) is 19.5 Å². The van der Waals surface area contributed by atoms with Crippen LogP contribution in [0.3, 0.4) is 0 Å². The fraction of sp³-hybridized carbons (Fsp3) is 0.154. The van der Waals surface area contributed by atoms with Crippen LogP contribution in [0.15, 0.2) is 72.9 Å². The maximum atomic E-state index is 12.1. The standard InChI is InChI=1S/C26H25N5O/c27-21-6-4-17(5-7-21)15-28-16-18-2-1-3-19(12-18)24-13-20(8-10-29-24)25-14-22-23(31-25)9-11-30-26(22)32/h1-8,10,12-14,28,31H,9,11,15-16,27H2,(H,30,32). The second-order valence-electron chi connectivity index (χ2n) is 8.06. The van der Waals surface area contributed by atoms with Crippen LogP contribution in [0.5, 0.6) is 0 Å². The summed E-state index contributed by atoms with van der Waals surface area (Å²) in [6.45, 7) is 2.21. The van der Waals surface area contributed by atoms with Crippen molar-refractivity contribution in [2.24, 2.45) is 0 Å². The lowest BCUT2D eigenvalue weighted by molar-refractivity contribution is 0.0946. The molecule has 0 aliphatic carbocycles. The average molecular weight is 424 g/mol. The van der Waals surface area contributed by atoms with Crippen molar-refractivity contribution in [1.82, 2.24) is 20.6 Å². The molecule has 0 saturated carbocycles. The number of nitrogen functional groups attached to an aromatic ring is 1. The van der Waals surface area contributed by atoms with Crippen molar-refractivity contribution >= 4 is 11.6 Å². The Kier molecular flexibility index (Phi) is 5.44. The predicted octanol–water partition coefficient (Wildman–Crippen LogP) is 3.90. The summed E-state index contributed by atoms with van der Waals surface area (Å²) in [6, 6.07) is 22.3. The normalized spacial score (nSPS) is 12.9. The number of fused-ring (bicyclic) bond motifs is 1. The van der Waals surface area contributed by atoms with E-state index in [2.05, 4.69) is 50.9 Å². The zero-order valence-corrected chi connectivity index (χ0v) is 17.7. The molecule has 0 saturated heterocycles. The first-order valence-corrected chi connectivity index (χ1v) is 10.8. The fourth-order valence-corrected chi connectivity index (χ4v) is 4.03. The van der Waals surface area contributed by atoms with Crippen LogP contribution in [0.2, 0.25) is 0 Å². The summed E-state index contributed by atoms with van der Waals surface area (Å²) in [5.41, 5.74) is 14.6. The number of H-pyrrole nitrogens is 1. The number of rotatable bonds is 6. The molecule has 0 atom stereocenters. The Labute approximate surface area is 186 Å². The fourth-order valence-electron chi connectivity index (χ4n) is 4.03. The smallest absolute Gasteiger partial charge is 0.253 e. The van der Waals surface area contributed by atoms with Gasteiger partial charge in [0.05, 0.1) is 11.3 Å². The minimum Gasteiger partial charge on any atom is -0.399 e. The number of pyridine rings is 1. The van der Waals surface area contributed by atoms with Gasteiger partial charge in [0, 0.05) is 60.5 Å². The Balaban J connectivity index is 1.32. The maximum absolute atomic E-state index is 12.1. The molecule has 32 heavy (non-hydrogen) atoms. The van der Waals surface area contributed by atoms with Gasteiger partial charge >= 0.3 is 0 Å². The van der Waals surface area contributed by atoms with E-state index in [9.17, 15) is 4.79 Å². The molecule has 4 aromatic rings. The van der Waals surface area contributed by atoms with E-state index in [4.69, 9.17) is 5.73 Å². The van der Waals surface area contributed by atoms with Crippen molar-refractivity contribution in [1.29, 1.82) is 0 Å². The lowest BCUT2D eigenvalue weighted by atomic mass is 10.0. The molecule has 0 unspecified atom stereocenters. The molecule has 1 aliphatic heterocycles. The van der Waals surface area contributed by atoms with Crippen molar-refractivity contribution in [3.05, 3.63) is 95.3 Å². The van der Waals surface area contributed by atoms with Gasteiger partial charge in [0.15, 0.2) is 0 Å². The van der Waals surface area contributed by atoms with Gasteiger partial charge in [0.25, 0.3) is 5.91 Å². The van der Waals surface area contributed by atoms with Crippen LogP contribution in [0, 0.1) is 0 Å². The summed E-state index contributed by atoms with van der Waals surface area (Å²) in [5, 5.41) is 6.37. The lowest BCUT2D eigenvalue weighted by Crippen LogP contribution is -2.31. The minimum atomic E-state index is -0.0119. The first-order chi connectivity index (χ1) is 15.7. The molecule has 3 heterocycles. The third-order valence-electron chi connectivity index (χ3n) is 5.74. The number of anilines is 1. The molecule has 0 radical (unpaired) electrons. The largest absolute Gasteiger partial charge is 0.399 e. The number of carbonyl (C=O) groups is 1. The molecule has 6 heteroatoms. The molecule has 0 bridgehead atoms. The van der Waals surface area contributed by atoms with Gasteiger partial charge in [0.1, 0.15) is 0 Å². The number of hydrogen-bond donors (Lipinski definition) is 4. The zero-order valence-electron chi connectivity index (χ0n) is 17.7. The van der Waals surface area contributed by atoms with Crippen LogP contribution >= 0.6 is 0 Å². The highest BCUT2D eigenvalue weighted by atomic mass is 16.1. The molecular formula is C26H25N5O. The first-order valence-electron chi connectivity index (χ1n) is 10.8.